The Hall–Kier alpha value is -3.19. The molecule has 0 spiro atoms. The number of rotatable bonds is 11. The summed E-state index contributed by atoms with van der Waals surface area (Å²) in [5.41, 5.74) is 1.82. The fourth-order valence-corrected chi connectivity index (χ4v) is 5.27. The number of hydrogen-bond acceptors (Lipinski definition) is 4. The molecule has 0 radical (unpaired) electrons. The summed E-state index contributed by atoms with van der Waals surface area (Å²) in [4.78, 5) is 44.6. The predicted molar refractivity (Wildman–Crippen MR) is 135 cm³/mol. The number of carbonyl (C=O) groups is 3. The van der Waals surface area contributed by atoms with Crippen molar-refractivity contribution in [2.24, 2.45) is 0 Å². The molecule has 1 saturated heterocycles. The summed E-state index contributed by atoms with van der Waals surface area (Å²) < 4.78 is 5.22. The van der Waals surface area contributed by atoms with E-state index in [0.717, 1.165) is 12.8 Å². The van der Waals surface area contributed by atoms with Gasteiger partial charge >= 0.3 is 0 Å². The number of methoxy groups -OCH3 is 1. The molecular formula is C28H35N3O4. The van der Waals surface area contributed by atoms with Gasteiger partial charge in [0, 0.05) is 39.6 Å². The molecule has 2 aliphatic heterocycles. The van der Waals surface area contributed by atoms with Gasteiger partial charge in [-0.25, -0.2) is 0 Å². The van der Waals surface area contributed by atoms with Crippen LogP contribution in [-0.4, -0.2) is 66.5 Å². The molecule has 7 nitrogen and oxygen atoms in total. The zero-order valence-electron chi connectivity index (χ0n) is 20.7. The second kappa shape index (κ2) is 11.0. The Labute approximate surface area is 207 Å². The first-order valence-corrected chi connectivity index (χ1v) is 12.5. The maximum absolute atomic E-state index is 13.4. The highest BCUT2D eigenvalue weighted by Gasteiger charge is 2.52. The van der Waals surface area contributed by atoms with Gasteiger partial charge in [-0.3, -0.25) is 19.3 Å². The number of hydrogen-bond donors (Lipinski definition) is 0. The second-order valence-corrected chi connectivity index (χ2v) is 9.49. The number of nitrogens with zero attached hydrogens (tertiary/aromatic N) is 3. The summed E-state index contributed by atoms with van der Waals surface area (Å²) in [6.45, 7) is 4.12. The Morgan fingerprint density at radius 2 is 1.77 bits per heavy atom. The van der Waals surface area contributed by atoms with Gasteiger partial charge in [-0.2, -0.15) is 0 Å². The quantitative estimate of drug-likeness (QED) is 0.493. The fourth-order valence-electron chi connectivity index (χ4n) is 5.27. The Kier molecular flexibility index (Phi) is 7.86. The molecule has 0 N–H and O–H groups in total. The molecule has 35 heavy (non-hydrogen) atoms. The Morgan fingerprint density at radius 3 is 2.54 bits per heavy atom. The van der Waals surface area contributed by atoms with Crippen molar-refractivity contribution in [3.05, 3.63) is 65.7 Å². The van der Waals surface area contributed by atoms with Crippen molar-refractivity contribution in [3.8, 4) is 0 Å². The smallest absolute Gasteiger partial charge is 0.257 e. The van der Waals surface area contributed by atoms with Gasteiger partial charge in [-0.1, -0.05) is 42.5 Å². The van der Waals surface area contributed by atoms with Gasteiger partial charge in [0.05, 0.1) is 17.9 Å². The molecule has 1 fully saturated rings. The molecule has 7 heteroatoms. The van der Waals surface area contributed by atoms with E-state index in [1.165, 1.54) is 5.56 Å². The van der Waals surface area contributed by atoms with Crippen LogP contribution in [0.5, 0.6) is 0 Å². The number of carbonyl (C=O) groups excluding carboxylic acids is 3. The monoisotopic (exact) mass is 477 g/mol. The maximum atomic E-state index is 13.4. The molecule has 3 amide bonds. The van der Waals surface area contributed by atoms with Crippen molar-refractivity contribution in [2.45, 2.75) is 51.1 Å². The lowest BCUT2D eigenvalue weighted by Crippen LogP contribution is -2.62. The van der Waals surface area contributed by atoms with Crippen molar-refractivity contribution in [2.75, 3.05) is 38.3 Å². The molecule has 2 aromatic carbocycles. The van der Waals surface area contributed by atoms with E-state index in [-0.39, 0.29) is 17.7 Å². The summed E-state index contributed by atoms with van der Waals surface area (Å²) in [7, 11) is 1.64. The summed E-state index contributed by atoms with van der Waals surface area (Å²) in [6.07, 6.45) is 3.72. The van der Waals surface area contributed by atoms with Crippen LogP contribution in [0.15, 0.2) is 54.6 Å². The lowest BCUT2D eigenvalue weighted by molar-refractivity contribution is -0.132. The SMILES string of the molecule is COCCN(CCCc1ccccc1)C(=O)CCCN1C(=O)c2ccccc2N2C(=O)CCC12C. The van der Waals surface area contributed by atoms with Crippen molar-refractivity contribution in [1.82, 2.24) is 9.80 Å². The third-order valence-electron chi connectivity index (χ3n) is 7.17. The number of benzene rings is 2. The third kappa shape index (κ3) is 5.25. The van der Waals surface area contributed by atoms with E-state index in [1.807, 2.05) is 48.2 Å². The molecule has 1 atom stereocenters. The lowest BCUT2D eigenvalue weighted by Gasteiger charge is -2.48. The maximum Gasteiger partial charge on any atom is 0.257 e. The summed E-state index contributed by atoms with van der Waals surface area (Å²) in [6, 6.07) is 17.6. The van der Waals surface area contributed by atoms with Crippen molar-refractivity contribution < 1.29 is 19.1 Å². The molecule has 186 valence electrons. The molecule has 0 saturated carbocycles. The van der Waals surface area contributed by atoms with E-state index in [9.17, 15) is 14.4 Å². The van der Waals surface area contributed by atoms with Crippen LogP contribution in [0, 0.1) is 0 Å². The van der Waals surface area contributed by atoms with Gasteiger partial charge in [-0.05, 0) is 50.3 Å². The first-order valence-electron chi connectivity index (χ1n) is 12.5. The van der Waals surface area contributed by atoms with E-state index in [1.54, 1.807) is 23.0 Å². The van der Waals surface area contributed by atoms with Crippen LogP contribution in [0.4, 0.5) is 5.69 Å². The minimum atomic E-state index is -0.684. The van der Waals surface area contributed by atoms with Gasteiger partial charge in [0.2, 0.25) is 11.8 Å². The van der Waals surface area contributed by atoms with E-state index in [4.69, 9.17) is 4.74 Å². The van der Waals surface area contributed by atoms with Crippen LogP contribution in [-0.2, 0) is 20.7 Å². The first kappa shape index (κ1) is 24.9. The number of anilines is 1. The van der Waals surface area contributed by atoms with E-state index in [0.29, 0.717) is 63.2 Å². The van der Waals surface area contributed by atoms with E-state index in [2.05, 4.69) is 12.1 Å². The lowest BCUT2D eigenvalue weighted by atomic mass is 9.98. The normalized spacial score (nSPS) is 19.0. The van der Waals surface area contributed by atoms with Gasteiger partial charge in [0.1, 0.15) is 5.66 Å². The minimum Gasteiger partial charge on any atom is -0.383 e. The first-order chi connectivity index (χ1) is 17.0. The van der Waals surface area contributed by atoms with Crippen molar-refractivity contribution in [3.63, 3.8) is 0 Å². The standard InChI is InChI=1S/C28H35N3O4/c1-28-17-16-26(33)31(28)24-14-7-6-13-23(24)27(34)30(28)19-9-15-25(32)29(20-21-35-2)18-8-12-22-10-4-3-5-11-22/h3-7,10-11,13-14H,8-9,12,15-21H2,1-2H3. The fraction of sp³-hybridized carbons (Fsp3) is 0.464. The molecule has 2 heterocycles. The van der Waals surface area contributed by atoms with Gasteiger partial charge < -0.3 is 14.5 Å². The molecule has 0 aromatic heterocycles. The second-order valence-electron chi connectivity index (χ2n) is 9.49. The Balaban J connectivity index is 1.37. The average Bonchev–Trinajstić information content (AvgIpc) is 3.18. The van der Waals surface area contributed by atoms with Crippen LogP contribution in [0.3, 0.4) is 0 Å². The van der Waals surface area contributed by atoms with Crippen molar-refractivity contribution >= 4 is 23.4 Å². The van der Waals surface area contributed by atoms with E-state index < -0.39 is 5.66 Å². The predicted octanol–water partition coefficient (Wildman–Crippen LogP) is 3.87. The zero-order chi connectivity index (χ0) is 24.8. The molecule has 4 rings (SSSR count). The third-order valence-corrected chi connectivity index (χ3v) is 7.17. The molecular weight excluding hydrogens is 442 g/mol. The Morgan fingerprint density at radius 1 is 1.03 bits per heavy atom. The largest absolute Gasteiger partial charge is 0.383 e. The molecule has 2 aromatic rings. The average molecular weight is 478 g/mol. The van der Waals surface area contributed by atoms with Crippen LogP contribution in [0.1, 0.15) is 54.9 Å². The molecule has 0 bridgehead atoms. The van der Waals surface area contributed by atoms with Gasteiger partial charge in [0.15, 0.2) is 0 Å². The van der Waals surface area contributed by atoms with Crippen LogP contribution in [0.2, 0.25) is 0 Å². The van der Waals surface area contributed by atoms with Crippen molar-refractivity contribution in [1.29, 1.82) is 0 Å². The minimum absolute atomic E-state index is 0.0395. The van der Waals surface area contributed by atoms with Crippen LogP contribution >= 0.6 is 0 Å². The number of amides is 3. The number of fused-ring (bicyclic) bond motifs is 3. The number of para-hydroxylation sites is 1. The van der Waals surface area contributed by atoms with Crippen LogP contribution < -0.4 is 4.90 Å². The van der Waals surface area contributed by atoms with E-state index >= 15 is 0 Å². The highest BCUT2D eigenvalue weighted by atomic mass is 16.5. The highest BCUT2D eigenvalue weighted by molar-refractivity contribution is 6.10. The highest BCUT2D eigenvalue weighted by Crippen LogP contribution is 2.44. The van der Waals surface area contributed by atoms with Crippen LogP contribution in [0.25, 0.3) is 0 Å². The summed E-state index contributed by atoms with van der Waals surface area (Å²) in [5, 5.41) is 0. The summed E-state index contributed by atoms with van der Waals surface area (Å²) >= 11 is 0. The van der Waals surface area contributed by atoms with Gasteiger partial charge in [-0.15, -0.1) is 0 Å². The molecule has 0 aliphatic carbocycles. The Bertz CT molecular complexity index is 1060. The zero-order valence-corrected chi connectivity index (χ0v) is 20.7. The molecule has 1 unspecified atom stereocenters. The number of ether oxygens (including phenoxy) is 1. The molecule has 2 aliphatic rings. The van der Waals surface area contributed by atoms with Gasteiger partial charge in [0.25, 0.3) is 5.91 Å². The number of aryl methyl sites for hydroxylation is 1. The summed E-state index contributed by atoms with van der Waals surface area (Å²) in [5.74, 6) is 0.0442. The topological polar surface area (TPSA) is 70.2 Å².